The molecule has 1 aliphatic heterocycles. The van der Waals surface area contributed by atoms with E-state index in [1.54, 1.807) is 6.20 Å². The SMILES string of the molecule is O=c1c(Br)c(NCCC2CCOC2)cnn1CCO. The number of halogens is 1. The van der Waals surface area contributed by atoms with Gasteiger partial charge >= 0.3 is 0 Å². The van der Waals surface area contributed by atoms with Gasteiger partial charge < -0.3 is 15.2 Å². The van der Waals surface area contributed by atoms with E-state index in [2.05, 4.69) is 26.3 Å². The number of nitrogens with zero attached hydrogens (tertiary/aromatic N) is 2. The smallest absolute Gasteiger partial charge is 0.283 e. The Hall–Kier alpha value is -0.920. The number of hydrogen-bond donors (Lipinski definition) is 2. The zero-order valence-electron chi connectivity index (χ0n) is 10.6. The lowest BCUT2D eigenvalue weighted by Gasteiger charge is -2.11. The maximum atomic E-state index is 11.9. The zero-order chi connectivity index (χ0) is 13.7. The van der Waals surface area contributed by atoms with Crippen molar-refractivity contribution in [2.24, 2.45) is 5.92 Å². The van der Waals surface area contributed by atoms with Gasteiger partial charge in [0.25, 0.3) is 5.56 Å². The second kappa shape index (κ2) is 7.02. The number of aliphatic hydroxyl groups excluding tert-OH is 1. The largest absolute Gasteiger partial charge is 0.394 e. The molecule has 1 saturated heterocycles. The van der Waals surface area contributed by atoms with Crippen LogP contribution in [-0.4, -0.2) is 41.3 Å². The summed E-state index contributed by atoms with van der Waals surface area (Å²) in [6.07, 6.45) is 3.73. The van der Waals surface area contributed by atoms with Gasteiger partial charge in [0.05, 0.1) is 25.0 Å². The second-order valence-corrected chi connectivity index (χ2v) is 5.36. The summed E-state index contributed by atoms with van der Waals surface area (Å²) in [6.45, 7) is 2.58. The Morgan fingerprint density at radius 3 is 3.16 bits per heavy atom. The third kappa shape index (κ3) is 3.77. The number of ether oxygens (including phenoxy) is 1. The van der Waals surface area contributed by atoms with Gasteiger partial charge in [-0.25, -0.2) is 4.68 Å². The van der Waals surface area contributed by atoms with Gasteiger partial charge in [-0.15, -0.1) is 0 Å². The lowest BCUT2D eigenvalue weighted by Crippen LogP contribution is -2.26. The summed E-state index contributed by atoms with van der Waals surface area (Å²) in [7, 11) is 0. The molecule has 1 aromatic heterocycles. The predicted molar refractivity (Wildman–Crippen MR) is 75.3 cm³/mol. The number of anilines is 1. The fourth-order valence-corrected chi connectivity index (χ4v) is 2.51. The van der Waals surface area contributed by atoms with Crippen molar-refractivity contribution in [3.8, 4) is 0 Å². The van der Waals surface area contributed by atoms with Crippen molar-refractivity contribution in [3.63, 3.8) is 0 Å². The predicted octanol–water partition coefficient (Wildman–Crippen LogP) is 0.837. The monoisotopic (exact) mass is 331 g/mol. The summed E-state index contributed by atoms with van der Waals surface area (Å²) >= 11 is 3.27. The first kappa shape index (κ1) is 14.5. The molecule has 1 aliphatic rings. The molecule has 19 heavy (non-hydrogen) atoms. The Balaban J connectivity index is 1.92. The Morgan fingerprint density at radius 1 is 1.63 bits per heavy atom. The third-order valence-corrected chi connectivity index (χ3v) is 3.96. The Kier molecular flexibility index (Phi) is 5.35. The van der Waals surface area contributed by atoms with E-state index in [9.17, 15) is 4.79 Å². The minimum Gasteiger partial charge on any atom is -0.394 e. The molecule has 106 valence electrons. The fraction of sp³-hybridized carbons (Fsp3) is 0.667. The van der Waals surface area contributed by atoms with Crippen molar-refractivity contribution in [2.75, 3.05) is 31.7 Å². The molecule has 6 nitrogen and oxygen atoms in total. The first-order chi connectivity index (χ1) is 9.22. The topological polar surface area (TPSA) is 76.4 Å². The standard InChI is InChI=1S/C12H18BrN3O3/c13-11-10(7-15-16(4-5-17)12(11)18)14-3-1-9-2-6-19-8-9/h7,9,14,17H,1-6,8H2. The number of aliphatic hydroxyl groups is 1. The average molecular weight is 332 g/mol. The minimum atomic E-state index is -0.233. The van der Waals surface area contributed by atoms with Gasteiger partial charge in [-0.1, -0.05) is 0 Å². The molecule has 0 bridgehead atoms. The van der Waals surface area contributed by atoms with Crippen LogP contribution in [0.1, 0.15) is 12.8 Å². The summed E-state index contributed by atoms with van der Waals surface area (Å²) in [5, 5.41) is 16.0. The number of rotatable bonds is 6. The van der Waals surface area contributed by atoms with E-state index in [1.807, 2.05) is 0 Å². The molecule has 0 saturated carbocycles. The highest BCUT2D eigenvalue weighted by atomic mass is 79.9. The molecule has 1 unspecified atom stereocenters. The quantitative estimate of drug-likeness (QED) is 0.807. The molecule has 0 aromatic carbocycles. The Morgan fingerprint density at radius 2 is 2.47 bits per heavy atom. The van der Waals surface area contributed by atoms with Crippen LogP contribution in [0.3, 0.4) is 0 Å². The van der Waals surface area contributed by atoms with E-state index in [0.717, 1.165) is 32.6 Å². The molecular weight excluding hydrogens is 314 g/mol. The highest BCUT2D eigenvalue weighted by Crippen LogP contribution is 2.19. The molecule has 1 fully saturated rings. The molecule has 2 rings (SSSR count). The molecule has 0 amide bonds. The van der Waals surface area contributed by atoms with E-state index in [1.165, 1.54) is 4.68 Å². The molecule has 0 radical (unpaired) electrons. The van der Waals surface area contributed by atoms with Gasteiger partial charge in [-0.2, -0.15) is 5.10 Å². The first-order valence-electron chi connectivity index (χ1n) is 6.40. The second-order valence-electron chi connectivity index (χ2n) is 4.57. The van der Waals surface area contributed by atoms with Crippen molar-refractivity contribution < 1.29 is 9.84 Å². The van der Waals surface area contributed by atoms with E-state index >= 15 is 0 Å². The number of aromatic nitrogens is 2. The third-order valence-electron chi connectivity index (χ3n) is 3.19. The summed E-state index contributed by atoms with van der Waals surface area (Å²) in [5.74, 6) is 0.606. The molecule has 2 heterocycles. The first-order valence-corrected chi connectivity index (χ1v) is 7.19. The van der Waals surface area contributed by atoms with Crippen LogP contribution in [0.5, 0.6) is 0 Å². The van der Waals surface area contributed by atoms with E-state index in [4.69, 9.17) is 9.84 Å². The van der Waals surface area contributed by atoms with E-state index < -0.39 is 0 Å². The highest BCUT2D eigenvalue weighted by Gasteiger charge is 2.15. The van der Waals surface area contributed by atoms with Crippen molar-refractivity contribution in [1.82, 2.24) is 9.78 Å². The molecular formula is C12H18BrN3O3. The fourth-order valence-electron chi connectivity index (χ4n) is 2.06. The Labute approximate surface area is 119 Å². The van der Waals surface area contributed by atoms with Crippen LogP contribution in [0.15, 0.2) is 15.5 Å². The van der Waals surface area contributed by atoms with Crippen molar-refractivity contribution in [3.05, 3.63) is 21.0 Å². The molecule has 2 N–H and O–H groups in total. The van der Waals surface area contributed by atoms with Crippen LogP contribution < -0.4 is 10.9 Å². The summed E-state index contributed by atoms with van der Waals surface area (Å²) in [4.78, 5) is 11.9. The molecule has 0 spiro atoms. The van der Waals surface area contributed by atoms with E-state index in [0.29, 0.717) is 16.1 Å². The molecule has 1 aromatic rings. The average Bonchev–Trinajstić information content (AvgIpc) is 2.91. The normalized spacial score (nSPS) is 18.7. The van der Waals surface area contributed by atoms with Gasteiger partial charge in [0.2, 0.25) is 0 Å². The van der Waals surface area contributed by atoms with Gasteiger partial charge in [0.15, 0.2) is 0 Å². The van der Waals surface area contributed by atoms with Gasteiger partial charge in [0.1, 0.15) is 4.47 Å². The van der Waals surface area contributed by atoms with Crippen LogP contribution in [0.25, 0.3) is 0 Å². The van der Waals surface area contributed by atoms with Crippen LogP contribution >= 0.6 is 15.9 Å². The van der Waals surface area contributed by atoms with E-state index in [-0.39, 0.29) is 18.7 Å². The van der Waals surface area contributed by atoms with Crippen molar-refractivity contribution in [1.29, 1.82) is 0 Å². The maximum absolute atomic E-state index is 11.9. The van der Waals surface area contributed by atoms with Gasteiger partial charge in [0, 0.05) is 19.8 Å². The van der Waals surface area contributed by atoms with Crippen LogP contribution in [0, 0.1) is 5.92 Å². The maximum Gasteiger partial charge on any atom is 0.283 e. The van der Waals surface area contributed by atoms with Gasteiger partial charge in [-0.05, 0) is 34.7 Å². The number of hydrogen-bond acceptors (Lipinski definition) is 5. The van der Waals surface area contributed by atoms with Crippen molar-refractivity contribution >= 4 is 21.6 Å². The minimum absolute atomic E-state index is 0.103. The molecule has 1 atom stereocenters. The van der Waals surface area contributed by atoms with Crippen LogP contribution in [0.4, 0.5) is 5.69 Å². The lowest BCUT2D eigenvalue weighted by atomic mass is 10.1. The van der Waals surface area contributed by atoms with Crippen LogP contribution in [-0.2, 0) is 11.3 Å². The molecule has 0 aliphatic carbocycles. The lowest BCUT2D eigenvalue weighted by molar-refractivity contribution is 0.185. The van der Waals surface area contributed by atoms with Gasteiger partial charge in [-0.3, -0.25) is 4.79 Å². The number of nitrogens with one attached hydrogen (secondary N) is 1. The molecule has 7 heteroatoms. The summed E-state index contributed by atoms with van der Waals surface area (Å²) in [5.41, 5.74) is 0.460. The Bertz CT molecular complexity index is 472. The zero-order valence-corrected chi connectivity index (χ0v) is 12.2. The van der Waals surface area contributed by atoms with Crippen molar-refractivity contribution in [2.45, 2.75) is 19.4 Å². The summed E-state index contributed by atoms with van der Waals surface area (Å²) < 4.78 is 7.01. The van der Waals surface area contributed by atoms with Crippen LogP contribution in [0.2, 0.25) is 0 Å². The summed E-state index contributed by atoms with van der Waals surface area (Å²) in [6, 6.07) is 0. The highest BCUT2D eigenvalue weighted by molar-refractivity contribution is 9.10.